The van der Waals surface area contributed by atoms with Gasteiger partial charge in [0.1, 0.15) is 13.2 Å². The summed E-state index contributed by atoms with van der Waals surface area (Å²) < 4.78 is 23.3. The molecular weight excluding hydrogens is 924 g/mol. The second kappa shape index (κ2) is 55.0. The van der Waals surface area contributed by atoms with E-state index in [9.17, 15) is 19.4 Å². The number of hydrogen-bond acceptors (Lipinski definition) is 6. The number of likely N-dealkylation sites (N-methyl/N-ethyl adjacent to an activating group) is 1. The van der Waals surface area contributed by atoms with Gasteiger partial charge in [0.05, 0.1) is 39.9 Å². The summed E-state index contributed by atoms with van der Waals surface area (Å²) in [7, 11) is 1.24. The number of phosphoric ester groups is 1. The van der Waals surface area contributed by atoms with Gasteiger partial charge in [-0.15, -0.1) is 0 Å². The number of phosphoric acid groups is 1. The van der Waals surface area contributed by atoms with Crippen LogP contribution in [0.25, 0.3) is 0 Å². The number of carbonyl (C=O) groups is 1. The molecular formula is C64H121N2O6P. The molecule has 0 aromatic rings. The van der Waals surface area contributed by atoms with E-state index in [1.807, 2.05) is 27.2 Å². The van der Waals surface area contributed by atoms with Crippen LogP contribution in [0.4, 0.5) is 0 Å². The number of nitrogens with one attached hydrogen (secondary N) is 1. The first-order valence-electron chi connectivity index (χ1n) is 31.2. The minimum Gasteiger partial charge on any atom is -0.756 e. The zero-order chi connectivity index (χ0) is 53.5. The summed E-state index contributed by atoms with van der Waals surface area (Å²) in [5, 5.41) is 13.9. The Kier molecular flexibility index (Phi) is 53.6. The lowest BCUT2D eigenvalue weighted by molar-refractivity contribution is -0.870. The molecule has 0 radical (unpaired) electrons. The van der Waals surface area contributed by atoms with Gasteiger partial charge < -0.3 is 28.8 Å². The number of aliphatic hydroxyl groups excluding tert-OH is 1. The highest BCUT2D eigenvalue weighted by Crippen LogP contribution is 2.38. The van der Waals surface area contributed by atoms with Crippen LogP contribution in [-0.4, -0.2) is 68.5 Å². The van der Waals surface area contributed by atoms with Gasteiger partial charge in [0.25, 0.3) is 7.82 Å². The van der Waals surface area contributed by atoms with E-state index in [2.05, 4.69) is 67.8 Å². The Labute approximate surface area is 453 Å². The topological polar surface area (TPSA) is 108 Å². The van der Waals surface area contributed by atoms with Gasteiger partial charge >= 0.3 is 0 Å². The fraction of sp³-hybridized carbons (Fsp3) is 0.828. The number of quaternary nitrogens is 1. The summed E-state index contributed by atoms with van der Waals surface area (Å²) in [5.41, 5.74) is 0. The van der Waals surface area contributed by atoms with Crippen molar-refractivity contribution < 1.29 is 32.9 Å². The molecule has 0 saturated heterocycles. The molecule has 0 bridgehead atoms. The Morgan fingerprint density at radius 3 is 1.19 bits per heavy atom. The van der Waals surface area contributed by atoms with Gasteiger partial charge in [0.2, 0.25) is 5.91 Å². The molecule has 0 rings (SSSR count). The van der Waals surface area contributed by atoms with Crippen molar-refractivity contribution in [2.75, 3.05) is 40.9 Å². The van der Waals surface area contributed by atoms with Crippen molar-refractivity contribution in [3.63, 3.8) is 0 Å². The predicted molar refractivity (Wildman–Crippen MR) is 316 cm³/mol. The van der Waals surface area contributed by atoms with Crippen LogP contribution in [0.15, 0.2) is 60.8 Å². The quantitative estimate of drug-likeness (QED) is 0.0272. The minimum atomic E-state index is -4.61. The highest BCUT2D eigenvalue weighted by atomic mass is 31.2. The zero-order valence-corrected chi connectivity index (χ0v) is 49.7. The third-order valence-electron chi connectivity index (χ3n) is 13.9. The molecule has 0 aliphatic rings. The summed E-state index contributed by atoms with van der Waals surface area (Å²) in [5.74, 6) is -0.209. The van der Waals surface area contributed by atoms with Crippen molar-refractivity contribution in [3.05, 3.63) is 60.8 Å². The summed E-state index contributed by atoms with van der Waals surface area (Å²) in [4.78, 5) is 25.5. The predicted octanol–water partition coefficient (Wildman–Crippen LogP) is 18.6. The molecule has 0 saturated carbocycles. The molecule has 0 aromatic carbocycles. The SMILES string of the molecule is CCCCCCCCCC/C=C/CC/C=C/CC/C=C/C(O)C(COP(=O)([O-])OCC[N+](C)(C)C)NC(=O)CCCCCCCCCCCCCCCCCCC/C=C\C/C=C\CCCCCCCCCCC. The van der Waals surface area contributed by atoms with Gasteiger partial charge in [0, 0.05) is 6.42 Å². The molecule has 0 heterocycles. The van der Waals surface area contributed by atoms with E-state index in [1.54, 1.807) is 6.08 Å². The normalized spacial score (nSPS) is 14.2. The Hall–Kier alpha value is -1.80. The fourth-order valence-corrected chi connectivity index (χ4v) is 9.76. The largest absolute Gasteiger partial charge is 0.756 e. The van der Waals surface area contributed by atoms with Crippen LogP contribution in [0, 0.1) is 0 Å². The number of aliphatic hydroxyl groups is 1. The standard InChI is InChI=1S/C64H121N2O6P/c1-6-8-10-12-14-16-18-20-22-24-26-27-28-29-30-31-32-33-34-35-36-37-38-39-40-42-44-46-48-50-52-54-56-58-64(68)65-62(61-72-73(69,70)71-60-59-66(3,4)5)63(67)57-55-53-51-49-47-45-43-41-25-23-21-19-17-15-13-11-9-7-2/h25-27,29-30,41,47,49,55,57,62-63,67H,6-24,28,31-40,42-46,48,50-54,56,58-61H2,1-5H3,(H-,65,68,69,70)/b27-26-,30-29-,41-25+,49-47+,57-55+. The number of hydrogen-bond donors (Lipinski definition) is 2. The van der Waals surface area contributed by atoms with Crippen LogP contribution in [0.5, 0.6) is 0 Å². The zero-order valence-electron chi connectivity index (χ0n) is 48.8. The van der Waals surface area contributed by atoms with E-state index in [-0.39, 0.29) is 12.5 Å². The molecule has 0 aromatic heterocycles. The number of unbranched alkanes of at least 4 members (excludes halogenated alkanes) is 36. The number of rotatable bonds is 57. The van der Waals surface area contributed by atoms with Crippen molar-refractivity contribution in [2.45, 2.75) is 302 Å². The van der Waals surface area contributed by atoms with Crippen LogP contribution in [0.1, 0.15) is 290 Å². The van der Waals surface area contributed by atoms with Gasteiger partial charge in [-0.1, -0.05) is 267 Å². The second-order valence-corrected chi connectivity index (χ2v) is 23.8. The van der Waals surface area contributed by atoms with Gasteiger partial charge in [-0.25, -0.2) is 0 Å². The highest BCUT2D eigenvalue weighted by molar-refractivity contribution is 7.45. The van der Waals surface area contributed by atoms with E-state index in [0.29, 0.717) is 17.4 Å². The fourth-order valence-electron chi connectivity index (χ4n) is 9.04. The Bertz CT molecular complexity index is 1370. The highest BCUT2D eigenvalue weighted by Gasteiger charge is 2.23. The van der Waals surface area contributed by atoms with Crippen LogP contribution < -0.4 is 10.2 Å². The van der Waals surface area contributed by atoms with Gasteiger partial charge in [0.15, 0.2) is 0 Å². The molecule has 0 aliphatic carbocycles. The van der Waals surface area contributed by atoms with Gasteiger partial charge in [-0.3, -0.25) is 9.36 Å². The molecule has 0 spiro atoms. The molecule has 1 amide bonds. The lowest BCUT2D eigenvalue weighted by Gasteiger charge is -2.29. The molecule has 9 heteroatoms. The molecule has 3 atom stereocenters. The van der Waals surface area contributed by atoms with E-state index < -0.39 is 26.6 Å². The van der Waals surface area contributed by atoms with E-state index in [1.165, 1.54) is 218 Å². The summed E-state index contributed by atoms with van der Waals surface area (Å²) in [6, 6.07) is -0.911. The van der Waals surface area contributed by atoms with Crippen LogP contribution in [0.2, 0.25) is 0 Å². The average Bonchev–Trinajstić information content (AvgIpc) is 3.35. The molecule has 8 nitrogen and oxygen atoms in total. The van der Waals surface area contributed by atoms with Crippen molar-refractivity contribution in [1.82, 2.24) is 5.32 Å². The Morgan fingerprint density at radius 1 is 0.479 bits per heavy atom. The lowest BCUT2D eigenvalue weighted by atomic mass is 10.0. The first-order valence-corrected chi connectivity index (χ1v) is 32.6. The summed E-state index contributed by atoms with van der Waals surface area (Å²) >= 11 is 0. The number of amides is 1. The van der Waals surface area contributed by atoms with Crippen LogP contribution in [0.3, 0.4) is 0 Å². The number of nitrogens with zero attached hydrogens (tertiary/aromatic N) is 1. The molecule has 0 aliphatic heterocycles. The first kappa shape index (κ1) is 71.2. The smallest absolute Gasteiger partial charge is 0.268 e. The third kappa shape index (κ3) is 57.7. The molecule has 3 unspecified atom stereocenters. The Morgan fingerprint density at radius 2 is 0.808 bits per heavy atom. The molecule has 2 N–H and O–H groups in total. The summed E-state index contributed by atoms with van der Waals surface area (Å²) in [6.45, 7) is 4.64. The van der Waals surface area contributed by atoms with Crippen molar-refractivity contribution in [3.8, 4) is 0 Å². The molecule has 73 heavy (non-hydrogen) atoms. The van der Waals surface area contributed by atoms with E-state index in [0.717, 1.165) is 51.4 Å². The van der Waals surface area contributed by atoms with Crippen molar-refractivity contribution in [2.24, 2.45) is 0 Å². The van der Waals surface area contributed by atoms with Crippen LogP contribution in [-0.2, 0) is 18.4 Å². The molecule has 428 valence electrons. The van der Waals surface area contributed by atoms with E-state index >= 15 is 0 Å². The van der Waals surface area contributed by atoms with Crippen LogP contribution >= 0.6 is 7.82 Å². The third-order valence-corrected chi connectivity index (χ3v) is 14.9. The van der Waals surface area contributed by atoms with Gasteiger partial charge in [-0.2, -0.15) is 0 Å². The summed E-state index contributed by atoms with van der Waals surface area (Å²) in [6.07, 6.45) is 74.7. The number of allylic oxidation sites excluding steroid dienone is 9. The first-order chi connectivity index (χ1) is 35.5. The monoisotopic (exact) mass is 1040 g/mol. The lowest BCUT2D eigenvalue weighted by Crippen LogP contribution is -2.45. The average molecular weight is 1050 g/mol. The minimum absolute atomic E-state index is 0.00958. The number of carbonyl (C=O) groups excluding carboxylic acids is 1. The van der Waals surface area contributed by atoms with Crippen molar-refractivity contribution >= 4 is 13.7 Å². The maximum atomic E-state index is 13.0. The van der Waals surface area contributed by atoms with E-state index in [4.69, 9.17) is 9.05 Å². The second-order valence-electron chi connectivity index (χ2n) is 22.4. The molecule has 0 fully saturated rings. The maximum absolute atomic E-state index is 13.0. The Balaban J connectivity index is 4.10. The maximum Gasteiger partial charge on any atom is 0.268 e. The van der Waals surface area contributed by atoms with Gasteiger partial charge in [-0.05, 0) is 77.0 Å². The van der Waals surface area contributed by atoms with Crippen molar-refractivity contribution in [1.29, 1.82) is 0 Å².